The summed E-state index contributed by atoms with van der Waals surface area (Å²) in [6.07, 6.45) is 3.19. The molecule has 0 bridgehead atoms. The number of hydrogen-bond donors (Lipinski definition) is 2. The molecule has 0 aliphatic carbocycles. The third-order valence-corrected chi connectivity index (χ3v) is 4.00. The number of hydrogen-bond acceptors (Lipinski definition) is 5. The van der Waals surface area contributed by atoms with Crippen molar-refractivity contribution in [1.29, 1.82) is 0 Å². The van der Waals surface area contributed by atoms with Crippen LogP contribution in [0.15, 0.2) is 60.9 Å². The minimum Gasteiger partial charge on any atom is -0.497 e. The molecule has 2 aromatic carbocycles. The highest BCUT2D eigenvalue weighted by Gasteiger charge is 2.12. The summed E-state index contributed by atoms with van der Waals surface area (Å²) in [6, 6.07) is 14.9. The van der Waals surface area contributed by atoms with Crippen molar-refractivity contribution in [3.8, 4) is 11.5 Å². The van der Waals surface area contributed by atoms with Gasteiger partial charge in [-0.05, 0) is 37.3 Å². The number of carbonyl (C=O) groups is 1. The Labute approximate surface area is 158 Å². The molecular weight excluding hydrogens is 342 g/mol. The predicted molar refractivity (Wildman–Crippen MR) is 106 cm³/mol. The molecule has 1 amide bonds. The summed E-state index contributed by atoms with van der Waals surface area (Å²) >= 11 is 0. The van der Waals surface area contributed by atoms with Crippen LogP contribution in [-0.2, 0) is 0 Å². The summed E-state index contributed by atoms with van der Waals surface area (Å²) in [5.74, 6) is 0.881. The van der Waals surface area contributed by atoms with Gasteiger partial charge in [-0.2, -0.15) is 0 Å². The van der Waals surface area contributed by atoms with Gasteiger partial charge in [-0.3, -0.25) is 9.78 Å². The lowest BCUT2D eigenvalue weighted by Gasteiger charge is -2.12. The molecule has 0 atom stereocenters. The molecule has 0 unspecified atom stereocenters. The Balaban J connectivity index is 1.78. The van der Waals surface area contributed by atoms with E-state index in [1.165, 1.54) is 11.8 Å². The van der Waals surface area contributed by atoms with Crippen LogP contribution in [0.4, 0.5) is 17.1 Å². The highest BCUT2D eigenvalue weighted by Crippen LogP contribution is 2.29. The maximum atomic E-state index is 12.7. The van der Waals surface area contributed by atoms with Crippen molar-refractivity contribution < 1.29 is 14.3 Å². The number of aromatic nitrogens is 1. The van der Waals surface area contributed by atoms with Gasteiger partial charge in [0.25, 0.3) is 5.91 Å². The van der Waals surface area contributed by atoms with Crippen molar-refractivity contribution in [3.63, 3.8) is 0 Å². The van der Waals surface area contributed by atoms with Gasteiger partial charge in [0.05, 0.1) is 37.4 Å². The number of carbonyl (C=O) groups excluding carboxylic acids is 1. The smallest absolute Gasteiger partial charge is 0.257 e. The Bertz CT molecular complexity index is 940. The SMILES string of the molecule is COc1ccc(OC)c(NC(=O)c2cncc(Nc3ccc(C)cc3)c2)c1. The molecule has 3 aromatic rings. The van der Waals surface area contributed by atoms with Gasteiger partial charge in [0.1, 0.15) is 11.5 Å². The molecule has 138 valence electrons. The summed E-state index contributed by atoms with van der Waals surface area (Å²) in [5, 5.41) is 6.08. The number of ether oxygens (including phenoxy) is 2. The Hall–Kier alpha value is -3.54. The van der Waals surface area contributed by atoms with Crippen LogP contribution in [0.2, 0.25) is 0 Å². The van der Waals surface area contributed by atoms with Crippen LogP contribution in [0, 0.1) is 6.92 Å². The Morgan fingerprint density at radius 1 is 0.926 bits per heavy atom. The normalized spacial score (nSPS) is 10.2. The zero-order chi connectivity index (χ0) is 19.2. The van der Waals surface area contributed by atoms with Crippen molar-refractivity contribution in [2.24, 2.45) is 0 Å². The lowest BCUT2D eigenvalue weighted by molar-refractivity contribution is 0.102. The number of methoxy groups -OCH3 is 2. The van der Waals surface area contributed by atoms with Crippen molar-refractivity contribution in [2.45, 2.75) is 6.92 Å². The minimum absolute atomic E-state index is 0.290. The van der Waals surface area contributed by atoms with E-state index >= 15 is 0 Å². The van der Waals surface area contributed by atoms with E-state index in [2.05, 4.69) is 15.6 Å². The highest BCUT2D eigenvalue weighted by atomic mass is 16.5. The van der Waals surface area contributed by atoms with Crippen molar-refractivity contribution in [3.05, 3.63) is 72.1 Å². The number of benzene rings is 2. The lowest BCUT2D eigenvalue weighted by atomic mass is 10.2. The van der Waals surface area contributed by atoms with Gasteiger partial charge in [0.15, 0.2) is 0 Å². The summed E-state index contributed by atoms with van der Waals surface area (Å²) in [5.41, 5.74) is 3.79. The lowest BCUT2D eigenvalue weighted by Crippen LogP contribution is -2.13. The Morgan fingerprint density at radius 3 is 2.41 bits per heavy atom. The second kappa shape index (κ2) is 8.23. The third kappa shape index (κ3) is 4.55. The van der Waals surface area contributed by atoms with E-state index in [1.807, 2.05) is 31.2 Å². The largest absolute Gasteiger partial charge is 0.497 e. The van der Waals surface area contributed by atoms with Gasteiger partial charge in [0.2, 0.25) is 0 Å². The molecule has 6 heteroatoms. The molecule has 1 heterocycles. The van der Waals surface area contributed by atoms with Crippen LogP contribution in [-0.4, -0.2) is 25.1 Å². The predicted octanol–water partition coefficient (Wildman–Crippen LogP) is 4.40. The first-order valence-corrected chi connectivity index (χ1v) is 8.41. The highest BCUT2D eigenvalue weighted by molar-refractivity contribution is 6.05. The number of amides is 1. The fraction of sp³-hybridized carbons (Fsp3) is 0.143. The van der Waals surface area contributed by atoms with Crippen LogP contribution in [0.1, 0.15) is 15.9 Å². The van der Waals surface area contributed by atoms with Crippen molar-refractivity contribution in [2.75, 3.05) is 24.9 Å². The minimum atomic E-state index is -0.290. The molecule has 0 fully saturated rings. The van der Waals surface area contributed by atoms with E-state index in [0.717, 1.165) is 11.4 Å². The molecule has 3 rings (SSSR count). The second-order valence-electron chi connectivity index (χ2n) is 5.97. The summed E-state index contributed by atoms with van der Waals surface area (Å²) in [6.45, 7) is 2.03. The van der Waals surface area contributed by atoms with Crippen LogP contribution in [0.5, 0.6) is 11.5 Å². The first-order valence-electron chi connectivity index (χ1n) is 8.41. The number of aryl methyl sites for hydroxylation is 1. The first kappa shape index (κ1) is 18.3. The molecule has 1 aromatic heterocycles. The van der Waals surface area contributed by atoms with Gasteiger partial charge in [-0.25, -0.2) is 0 Å². The van der Waals surface area contributed by atoms with Gasteiger partial charge in [0, 0.05) is 18.0 Å². The summed E-state index contributed by atoms with van der Waals surface area (Å²) in [7, 11) is 3.11. The molecule has 0 aliphatic heterocycles. The molecular formula is C21H21N3O3. The zero-order valence-electron chi connectivity index (χ0n) is 15.4. The summed E-state index contributed by atoms with van der Waals surface area (Å²) < 4.78 is 10.5. The van der Waals surface area contributed by atoms with Crippen LogP contribution >= 0.6 is 0 Å². The number of rotatable bonds is 6. The molecule has 0 spiro atoms. The zero-order valence-corrected chi connectivity index (χ0v) is 15.4. The molecule has 0 aliphatic rings. The molecule has 27 heavy (non-hydrogen) atoms. The van der Waals surface area contributed by atoms with Crippen LogP contribution < -0.4 is 20.1 Å². The van der Waals surface area contributed by atoms with E-state index in [4.69, 9.17) is 9.47 Å². The molecule has 2 N–H and O–H groups in total. The number of anilines is 3. The molecule has 6 nitrogen and oxygen atoms in total. The number of pyridine rings is 1. The maximum Gasteiger partial charge on any atom is 0.257 e. The van der Waals surface area contributed by atoms with Crippen molar-refractivity contribution in [1.82, 2.24) is 4.98 Å². The monoisotopic (exact) mass is 363 g/mol. The fourth-order valence-electron chi connectivity index (χ4n) is 2.54. The third-order valence-electron chi connectivity index (χ3n) is 4.00. The topological polar surface area (TPSA) is 72.5 Å². The van der Waals surface area contributed by atoms with Gasteiger partial charge < -0.3 is 20.1 Å². The van der Waals surface area contributed by atoms with Crippen LogP contribution in [0.3, 0.4) is 0 Å². The van der Waals surface area contributed by atoms with Gasteiger partial charge >= 0.3 is 0 Å². The van der Waals surface area contributed by atoms with E-state index < -0.39 is 0 Å². The van der Waals surface area contributed by atoms with E-state index in [-0.39, 0.29) is 5.91 Å². The standard InChI is InChI=1S/C21H21N3O3/c1-14-4-6-16(7-5-14)23-17-10-15(12-22-13-17)21(25)24-19-11-18(26-2)8-9-20(19)27-3/h4-13,23H,1-3H3,(H,24,25). The quantitative estimate of drug-likeness (QED) is 0.679. The van der Waals surface area contributed by atoms with E-state index in [9.17, 15) is 4.79 Å². The van der Waals surface area contributed by atoms with Gasteiger partial charge in [-0.15, -0.1) is 0 Å². The molecule has 0 saturated carbocycles. The Morgan fingerprint density at radius 2 is 1.70 bits per heavy atom. The van der Waals surface area contributed by atoms with E-state index in [0.29, 0.717) is 22.7 Å². The maximum absolute atomic E-state index is 12.7. The fourth-order valence-corrected chi connectivity index (χ4v) is 2.54. The second-order valence-corrected chi connectivity index (χ2v) is 5.97. The number of nitrogens with one attached hydrogen (secondary N) is 2. The average molecular weight is 363 g/mol. The average Bonchev–Trinajstić information content (AvgIpc) is 2.70. The first-order chi connectivity index (χ1) is 13.1. The van der Waals surface area contributed by atoms with E-state index in [1.54, 1.807) is 44.7 Å². The molecule has 0 radical (unpaired) electrons. The van der Waals surface area contributed by atoms with Crippen molar-refractivity contribution >= 4 is 23.0 Å². The Kier molecular flexibility index (Phi) is 5.56. The summed E-state index contributed by atoms with van der Waals surface area (Å²) in [4.78, 5) is 16.8. The van der Waals surface area contributed by atoms with Crippen LogP contribution in [0.25, 0.3) is 0 Å². The molecule has 0 saturated heterocycles. The number of nitrogens with zero attached hydrogens (tertiary/aromatic N) is 1. The van der Waals surface area contributed by atoms with Gasteiger partial charge in [-0.1, -0.05) is 17.7 Å².